The number of hydrogen-bond donors (Lipinski definition) is 0. The van der Waals surface area contributed by atoms with Crippen LogP contribution in [0.5, 0.6) is 0 Å². The summed E-state index contributed by atoms with van der Waals surface area (Å²) in [4.78, 5) is 14.6. The van der Waals surface area contributed by atoms with Gasteiger partial charge in [0.1, 0.15) is 33.4 Å². The molecule has 0 N–H and O–H groups in total. The molecule has 3 heterocycles. The lowest BCUT2D eigenvalue weighted by molar-refractivity contribution is -0.477. The monoisotopic (exact) mass is 547 g/mol. The number of hydrogen-bond acceptors (Lipinski definition) is 3. The summed E-state index contributed by atoms with van der Waals surface area (Å²) in [6.07, 6.45) is 16.0. The van der Waals surface area contributed by atoms with Crippen molar-refractivity contribution in [3.8, 4) is 0 Å². The van der Waals surface area contributed by atoms with Crippen molar-refractivity contribution in [2.75, 3.05) is 33.1 Å². The summed E-state index contributed by atoms with van der Waals surface area (Å²) in [5.74, 6) is 0.477. The normalized spacial score (nSPS) is 30.4. The Bertz CT molecular complexity index is 1670. The first kappa shape index (κ1) is 25.7. The minimum Gasteiger partial charge on any atom is -0.378 e. The van der Waals surface area contributed by atoms with E-state index in [1.807, 2.05) is 0 Å². The van der Waals surface area contributed by atoms with Crippen LogP contribution in [0.25, 0.3) is 5.57 Å². The molecule has 0 radical (unpaired) electrons. The van der Waals surface area contributed by atoms with Crippen molar-refractivity contribution in [1.29, 1.82) is 0 Å². The van der Waals surface area contributed by atoms with E-state index < -0.39 is 19.3 Å². The molecule has 4 atom stereocenters. The van der Waals surface area contributed by atoms with Gasteiger partial charge in [0.2, 0.25) is 0 Å². The van der Waals surface area contributed by atoms with E-state index in [0.717, 1.165) is 0 Å². The zero-order valence-corrected chi connectivity index (χ0v) is 25.9. The van der Waals surface area contributed by atoms with Crippen molar-refractivity contribution in [2.45, 2.75) is 38.1 Å². The number of benzene rings is 2. The first-order chi connectivity index (χ1) is 19.0. The highest BCUT2D eigenvalue weighted by Gasteiger charge is 2.61. The summed E-state index contributed by atoms with van der Waals surface area (Å²) in [5.41, 5.74) is 9.21. The molecule has 3 aliphatic heterocycles. The first-order valence-electron chi connectivity index (χ1n) is 14.4. The topological polar surface area (TPSA) is 24.7 Å². The molecule has 0 amide bonds. The van der Waals surface area contributed by atoms with Crippen LogP contribution < -0.4 is 10.1 Å². The molecule has 1 fully saturated rings. The third-order valence-corrected chi connectivity index (χ3v) is 13.6. The van der Waals surface area contributed by atoms with Crippen LogP contribution >= 0.6 is 0 Å². The Morgan fingerprint density at radius 3 is 2.17 bits per heavy atom. The van der Waals surface area contributed by atoms with Crippen LogP contribution in [0, 0.1) is 11.8 Å². The predicted molar refractivity (Wildman–Crippen MR) is 167 cm³/mol. The summed E-state index contributed by atoms with van der Waals surface area (Å²) in [6.45, 7) is 9.39. The van der Waals surface area contributed by atoms with Gasteiger partial charge in [0, 0.05) is 43.8 Å². The van der Waals surface area contributed by atoms with E-state index in [0.29, 0.717) is 0 Å². The van der Waals surface area contributed by atoms with Crippen molar-refractivity contribution in [2.24, 2.45) is 11.8 Å². The molecule has 204 valence electrons. The third kappa shape index (κ3) is 3.29. The van der Waals surface area contributed by atoms with Gasteiger partial charge >= 0.3 is 0 Å². The van der Waals surface area contributed by atoms with Crippen LogP contribution in [0.1, 0.15) is 36.1 Å². The molecule has 0 saturated carbocycles. The molecular formula is C35H39N2O2Si+. The molecule has 8 rings (SSSR count). The SMILES string of the molecule is CN(C)c1ccc2c(c1)[Si](C)(C)C1=CC(=[N+](C)C)C=CC1=C2c1ccc2c(c1)C1(C)OOC2(C)C2C=CC=CC21. The van der Waals surface area contributed by atoms with Gasteiger partial charge in [-0.2, -0.15) is 0 Å². The highest BCUT2D eigenvalue weighted by molar-refractivity contribution is 6.98. The third-order valence-electron chi connectivity index (χ3n) is 10.1. The van der Waals surface area contributed by atoms with E-state index in [1.165, 1.54) is 55.2 Å². The summed E-state index contributed by atoms with van der Waals surface area (Å²) in [6, 6.07) is 14.1. The summed E-state index contributed by atoms with van der Waals surface area (Å²) in [7, 11) is 6.53. The Labute approximate surface area is 239 Å². The second-order valence-electron chi connectivity index (χ2n) is 13.2. The molecule has 2 aromatic carbocycles. The molecule has 5 heteroatoms. The van der Waals surface area contributed by atoms with Gasteiger partial charge in [-0.25, -0.2) is 14.4 Å². The van der Waals surface area contributed by atoms with Crippen molar-refractivity contribution in [3.05, 3.63) is 112 Å². The van der Waals surface area contributed by atoms with Gasteiger partial charge in [0.25, 0.3) is 0 Å². The van der Waals surface area contributed by atoms with Crippen molar-refractivity contribution in [3.63, 3.8) is 0 Å². The number of rotatable bonds is 2. The van der Waals surface area contributed by atoms with Crippen LogP contribution in [0.2, 0.25) is 13.1 Å². The van der Waals surface area contributed by atoms with E-state index in [1.54, 1.807) is 0 Å². The van der Waals surface area contributed by atoms with Gasteiger partial charge < -0.3 is 4.90 Å². The molecular weight excluding hydrogens is 508 g/mol. The number of fused-ring (bicyclic) bond motifs is 3. The predicted octanol–water partition coefficient (Wildman–Crippen LogP) is 6.00. The van der Waals surface area contributed by atoms with Gasteiger partial charge in [-0.05, 0) is 81.9 Å². The Hall–Kier alpha value is -3.25. The second kappa shape index (κ2) is 8.38. The zero-order chi connectivity index (χ0) is 28.2. The maximum Gasteiger partial charge on any atom is 0.199 e. The fraction of sp³-hybridized carbons (Fsp3) is 0.343. The van der Waals surface area contributed by atoms with Crippen LogP contribution in [0.15, 0.2) is 89.7 Å². The minimum absolute atomic E-state index is 0.228. The summed E-state index contributed by atoms with van der Waals surface area (Å²) >= 11 is 0. The molecule has 4 nitrogen and oxygen atoms in total. The van der Waals surface area contributed by atoms with E-state index in [9.17, 15) is 0 Å². The smallest absolute Gasteiger partial charge is 0.199 e. The quantitative estimate of drug-likeness (QED) is 0.262. The average Bonchev–Trinajstić information content (AvgIpc) is 2.94. The molecule has 40 heavy (non-hydrogen) atoms. The fourth-order valence-electron chi connectivity index (χ4n) is 7.63. The van der Waals surface area contributed by atoms with E-state index in [-0.39, 0.29) is 11.8 Å². The molecule has 4 unspecified atom stereocenters. The van der Waals surface area contributed by atoms with Gasteiger partial charge in [-0.3, -0.25) is 0 Å². The summed E-state index contributed by atoms with van der Waals surface area (Å²) < 4.78 is 2.22. The number of nitrogens with zero attached hydrogens (tertiary/aromatic N) is 2. The highest BCUT2D eigenvalue weighted by atomic mass is 28.3. The number of anilines is 1. The van der Waals surface area contributed by atoms with Gasteiger partial charge in [0.05, 0.1) is 0 Å². The van der Waals surface area contributed by atoms with Crippen molar-refractivity contribution < 1.29 is 14.4 Å². The lowest BCUT2D eigenvalue weighted by Crippen LogP contribution is -2.59. The minimum atomic E-state index is -1.99. The van der Waals surface area contributed by atoms with Gasteiger partial charge in [-0.15, -0.1) is 0 Å². The Balaban J connectivity index is 1.50. The lowest BCUT2D eigenvalue weighted by atomic mass is 9.58. The van der Waals surface area contributed by atoms with Crippen LogP contribution in [0.4, 0.5) is 5.69 Å². The average molecular weight is 548 g/mol. The van der Waals surface area contributed by atoms with Gasteiger partial charge in [-0.1, -0.05) is 55.6 Å². The molecule has 2 aromatic rings. The first-order valence-corrected chi connectivity index (χ1v) is 17.4. The molecule has 0 spiro atoms. The molecule has 2 bridgehead atoms. The Morgan fingerprint density at radius 2 is 1.52 bits per heavy atom. The van der Waals surface area contributed by atoms with Crippen molar-refractivity contribution >= 4 is 30.2 Å². The van der Waals surface area contributed by atoms with Crippen LogP contribution in [0.3, 0.4) is 0 Å². The molecule has 1 saturated heterocycles. The Kier molecular flexibility index (Phi) is 5.39. The number of allylic oxidation sites excluding steroid dienone is 7. The second-order valence-corrected chi connectivity index (χ2v) is 17.5. The highest BCUT2D eigenvalue weighted by Crippen LogP contribution is 2.61. The fourth-order valence-corrected chi connectivity index (χ4v) is 10.7. The Morgan fingerprint density at radius 1 is 0.850 bits per heavy atom. The maximum absolute atomic E-state index is 6.26. The largest absolute Gasteiger partial charge is 0.378 e. The lowest BCUT2D eigenvalue weighted by Gasteiger charge is -2.58. The van der Waals surface area contributed by atoms with E-state index in [4.69, 9.17) is 9.78 Å². The van der Waals surface area contributed by atoms with E-state index >= 15 is 0 Å². The van der Waals surface area contributed by atoms with E-state index in [2.05, 4.69) is 144 Å². The van der Waals surface area contributed by atoms with Crippen LogP contribution in [-0.2, 0) is 21.0 Å². The maximum atomic E-state index is 6.26. The van der Waals surface area contributed by atoms with Gasteiger partial charge in [0.15, 0.2) is 5.71 Å². The molecule has 0 aromatic heterocycles. The molecule has 3 aliphatic carbocycles. The standard InChI is InChI=1S/C35H39N2O2Si/c1-34-27-11-9-10-12-28(27)35(2,39-38-34)30-19-22(13-18-29(30)34)33-25-16-14-23(36(3)4)20-31(25)40(7,8)32-21-24(37(5)6)15-17-26(32)33/h9-21,27-28H,1-8H3/q+1. The summed E-state index contributed by atoms with van der Waals surface area (Å²) in [5, 5.41) is 2.99. The molecule has 6 aliphatic rings. The van der Waals surface area contributed by atoms with Crippen LogP contribution in [-0.4, -0.2) is 46.6 Å². The van der Waals surface area contributed by atoms with Crippen molar-refractivity contribution in [1.82, 2.24) is 0 Å². The zero-order valence-electron chi connectivity index (χ0n) is 24.9.